The third-order valence-corrected chi connectivity index (χ3v) is 2.85. The molecule has 2 aromatic rings. The molecule has 0 aliphatic heterocycles. The highest BCUT2D eigenvalue weighted by Crippen LogP contribution is 2.34. The average molecular weight is 232 g/mol. The SMILES string of the molecule is Oc1ccc(-c2nc(CC3CC3)no2)c(O)c1. The van der Waals surface area contributed by atoms with Crippen LogP contribution in [0.4, 0.5) is 0 Å². The number of aromatic hydroxyl groups is 2. The Morgan fingerprint density at radius 1 is 1.29 bits per heavy atom. The Hall–Kier alpha value is -2.04. The molecule has 1 aliphatic carbocycles. The number of phenols is 2. The van der Waals surface area contributed by atoms with Gasteiger partial charge in [-0.1, -0.05) is 5.16 Å². The molecule has 0 radical (unpaired) electrons. The summed E-state index contributed by atoms with van der Waals surface area (Å²) in [5.41, 5.74) is 0.442. The van der Waals surface area contributed by atoms with Crippen LogP contribution in [-0.2, 0) is 6.42 Å². The third kappa shape index (κ3) is 2.08. The quantitative estimate of drug-likeness (QED) is 0.847. The number of hydrogen-bond donors (Lipinski definition) is 2. The molecule has 1 aromatic heterocycles. The lowest BCUT2D eigenvalue weighted by atomic mass is 10.2. The fourth-order valence-corrected chi connectivity index (χ4v) is 1.73. The molecule has 5 heteroatoms. The van der Waals surface area contributed by atoms with Crippen molar-refractivity contribution < 1.29 is 14.7 Å². The fourth-order valence-electron chi connectivity index (χ4n) is 1.73. The lowest BCUT2D eigenvalue weighted by Crippen LogP contribution is -1.89. The highest BCUT2D eigenvalue weighted by molar-refractivity contribution is 5.63. The first-order valence-electron chi connectivity index (χ1n) is 5.57. The smallest absolute Gasteiger partial charge is 0.261 e. The Bertz CT molecular complexity index is 546. The van der Waals surface area contributed by atoms with E-state index in [9.17, 15) is 10.2 Å². The summed E-state index contributed by atoms with van der Waals surface area (Å²) in [6.07, 6.45) is 3.30. The van der Waals surface area contributed by atoms with E-state index in [0.717, 1.165) is 6.42 Å². The van der Waals surface area contributed by atoms with Crippen LogP contribution in [-0.4, -0.2) is 20.4 Å². The van der Waals surface area contributed by atoms with Gasteiger partial charge in [-0.15, -0.1) is 0 Å². The molecule has 0 saturated heterocycles. The van der Waals surface area contributed by atoms with E-state index in [1.807, 2.05) is 0 Å². The molecule has 0 amide bonds. The molecular formula is C12H12N2O3. The zero-order valence-corrected chi connectivity index (χ0v) is 9.13. The van der Waals surface area contributed by atoms with Gasteiger partial charge in [-0.3, -0.25) is 0 Å². The maximum absolute atomic E-state index is 9.66. The van der Waals surface area contributed by atoms with Crippen LogP contribution >= 0.6 is 0 Å². The summed E-state index contributed by atoms with van der Waals surface area (Å²) in [7, 11) is 0. The predicted octanol–water partition coefficient (Wildman–Crippen LogP) is 2.10. The van der Waals surface area contributed by atoms with Crippen LogP contribution in [0.5, 0.6) is 11.5 Å². The average Bonchev–Trinajstić information content (AvgIpc) is 2.96. The van der Waals surface area contributed by atoms with E-state index < -0.39 is 0 Å². The van der Waals surface area contributed by atoms with Crippen molar-refractivity contribution >= 4 is 0 Å². The van der Waals surface area contributed by atoms with Crippen LogP contribution in [0.2, 0.25) is 0 Å². The summed E-state index contributed by atoms with van der Waals surface area (Å²) in [6, 6.07) is 4.28. The van der Waals surface area contributed by atoms with Crippen LogP contribution < -0.4 is 0 Å². The monoisotopic (exact) mass is 232 g/mol. The molecule has 5 nitrogen and oxygen atoms in total. The number of hydrogen-bond acceptors (Lipinski definition) is 5. The Morgan fingerprint density at radius 2 is 2.12 bits per heavy atom. The van der Waals surface area contributed by atoms with E-state index in [0.29, 0.717) is 17.3 Å². The van der Waals surface area contributed by atoms with Crippen molar-refractivity contribution in [3.63, 3.8) is 0 Å². The first-order chi connectivity index (χ1) is 8.22. The van der Waals surface area contributed by atoms with Crippen LogP contribution in [0, 0.1) is 5.92 Å². The van der Waals surface area contributed by atoms with Gasteiger partial charge < -0.3 is 14.7 Å². The zero-order chi connectivity index (χ0) is 11.8. The summed E-state index contributed by atoms with van der Waals surface area (Å²) < 4.78 is 5.10. The second-order valence-electron chi connectivity index (χ2n) is 4.36. The van der Waals surface area contributed by atoms with E-state index >= 15 is 0 Å². The van der Waals surface area contributed by atoms with Crippen molar-refractivity contribution in [3.8, 4) is 23.0 Å². The minimum absolute atomic E-state index is 0.00368. The van der Waals surface area contributed by atoms with E-state index in [1.54, 1.807) is 6.07 Å². The number of benzene rings is 1. The van der Waals surface area contributed by atoms with Crippen LogP contribution in [0.1, 0.15) is 18.7 Å². The van der Waals surface area contributed by atoms with E-state index in [2.05, 4.69) is 10.1 Å². The lowest BCUT2D eigenvalue weighted by Gasteiger charge is -1.98. The van der Waals surface area contributed by atoms with Crippen molar-refractivity contribution in [2.45, 2.75) is 19.3 Å². The van der Waals surface area contributed by atoms with Crippen molar-refractivity contribution in [2.75, 3.05) is 0 Å². The second kappa shape index (κ2) is 3.76. The van der Waals surface area contributed by atoms with Crippen molar-refractivity contribution in [1.82, 2.24) is 10.1 Å². The molecule has 3 rings (SSSR count). The molecule has 1 aliphatic rings. The van der Waals surface area contributed by atoms with E-state index in [1.165, 1.54) is 25.0 Å². The molecular weight excluding hydrogens is 220 g/mol. The molecule has 88 valence electrons. The van der Waals surface area contributed by atoms with Gasteiger partial charge in [-0.2, -0.15) is 4.98 Å². The van der Waals surface area contributed by atoms with Crippen molar-refractivity contribution in [3.05, 3.63) is 24.0 Å². The van der Waals surface area contributed by atoms with Crippen LogP contribution in [0.25, 0.3) is 11.5 Å². The molecule has 1 saturated carbocycles. The maximum atomic E-state index is 9.66. The molecule has 0 spiro atoms. The second-order valence-corrected chi connectivity index (χ2v) is 4.36. The summed E-state index contributed by atoms with van der Waals surface area (Å²) in [6.45, 7) is 0. The first-order valence-corrected chi connectivity index (χ1v) is 5.57. The van der Waals surface area contributed by atoms with Crippen molar-refractivity contribution in [2.24, 2.45) is 5.92 Å². The van der Waals surface area contributed by atoms with E-state index in [-0.39, 0.29) is 17.4 Å². The Balaban J connectivity index is 1.89. The normalized spacial score (nSPS) is 15.1. The fraction of sp³-hybridized carbons (Fsp3) is 0.333. The van der Waals surface area contributed by atoms with Gasteiger partial charge in [0.15, 0.2) is 5.82 Å². The van der Waals surface area contributed by atoms with Gasteiger partial charge in [0.2, 0.25) is 0 Å². The number of nitrogens with zero attached hydrogens (tertiary/aromatic N) is 2. The van der Waals surface area contributed by atoms with Crippen LogP contribution in [0.3, 0.4) is 0 Å². The van der Waals surface area contributed by atoms with Gasteiger partial charge in [-0.05, 0) is 30.9 Å². The van der Waals surface area contributed by atoms with Gasteiger partial charge in [0, 0.05) is 12.5 Å². The molecule has 0 bridgehead atoms. The summed E-state index contributed by atoms with van der Waals surface area (Å²) in [4.78, 5) is 4.23. The minimum Gasteiger partial charge on any atom is -0.508 e. The Morgan fingerprint density at radius 3 is 2.82 bits per heavy atom. The number of aromatic nitrogens is 2. The lowest BCUT2D eigenvalue weighted by molar-refractivity contribution is 0.414. The Kier molecular flexibility index (Phi) is 2.24. The number of phenolic OH excluding ortho intramolecular Hbond substituents is 2. The standard InChI is InChI=1S/C12H12N2O3/c15-8-3-4-9(10(16)6-8)12-13-11(14-17-12)5-7-1-2-7/h3-4,6-7,15-16H,1-2,5H2. The molecule has 1 aromatic carbocycles. The van der Waals surface area contributed by atoms with Gasteiger partial charge in [-0.25, -0.2) is 0 Å². The summed E-state index contributed by atoms with van der Waals surface area (Å²) in [5, 5.41) is 22.7. The first kappa shape index (κ1) is 10.1. The maximum Gasteiger partial charge on any atom is 0.261 e. The molecule has 0 unspecified atom stereocenters. The van der Waals surface area contributed by atoms with E-state index in [4.69, 9.17) is 4.52 Å². The largest absolute Gasteiger partial charge is 0.508 e. The minimum atomic E-state index is -0.0633. The molecule has 1 heterocycles. The topological polar surface area (TPSA) is 79.4 Å². The summed E-state index contributed by atoms with van der Waals surface area (Å²) >= 11 is 0. The zero-order valence-electron chi connectivity index (χ0n) is 9.13. The highest BCUT2D eigenvalue weighted by Gasteiger charge is 2.24. The molecule has 17 heavy (non-hydrogen) atoms. The van der Waals surface area contributed by atoms with Gasteiger partial charge in [0.1, 0.15) is 11.5 Å². The van der Waals surface area contributed by atoms with Gasteiger partial charge >= 0.3 is 0 Å². The van der Waals surface area contributed by atoms with Crippen molar-refractivity contribution in [1.29, 1.82) is 0 Å². The predicted molar refractivity (Wildman–Crippen MR) is 59.5 cm³/mol. The molecule has 0 atom stereocenters. The van der Waals surface area contributed by atoms with Crippen LogP contribution in [0.15, 0.2) is 22.7 Å². The number of rotatable bonds is 3. The summed E-state index contributed by atoms with van der Waals surface area (Å²) in [5.74, 6) is 1.59. The highest BCUT2D eigenvalue weighted by atomic mass is 16.5. The molecule has 1 fully saturated rings. The Labute approximate surface area is 97.7 Å². The third-order valence-electron chi connectivity index (χ3n) is 2.85. The van der Waals surface area contributed by atoms with Gasteiger partial charge in [0.05, 0.1) is 5.56 Å². The van der Waals surface area contributed by atoms with Gasteiger partial charge in [0.25, 0.3) is 5.89 Å². The molecule has 2 N–H and O–H groups in total.